The summed E-state index contributed by atoms with van der Waals surface area (Å²) in [6.45, 7) is 3.77. The van der Waals surface area contributed by atoms with E-state index in [2.05, 4.69) is 17.0 Å². The minimum absolute atomic E-state index is 0.0648. The first-order valence-electron chi connectivity index (χ1n) is 9.05. The minimum atomic E-state index is -0.769. The molecular formula is C21H24N2O3S. The average Bonchev–Trinajstić information content (AvgIpc) is 2.65. The van der Waals surface area contributed by atoms with E-state index in [1.54, 1.807) is 18.7 Å². The first-order valence-corrected chi connectivity index (χ1v) is 9.87. The maximum atomic E-state index is 11.8. The third-order valence-electron chi connectivity index (χ3n) is 4.66. The number of hydrogen-bond acceptors (Lipinski definition) is 5. The first kappa shape index (κ1) is 19.5. The molecule has 0 aliphatic carbocycles. The summed E-state index contributed by atoms with van der Waals surface area (Å²) in [5.41, 5.74) is 2.95. The molecule has 0 unspecified atom stereocenters. The summed E-state index contributed by atoms with van der Waals surface area (Å²) in [7, 11) is 1.95. The quantitative estimate of drug-likeness (QED) is 0.685. The zero-order chi connectivity index (χ0) is 19.4. The van der Waals surface area contributed by atoms with Crippen molar-refractivity contribution in [3.63, 3.8) is 0 Å². The molecule has 6 heteroatoms. The van der Waals surface area contributed by atoms with E-state index in [1.807, 2.05) is 42.3 Å². The Kier molecular flexibility index (Phi) is 6.19. The fourth-order valence-corrected chi connectivity index (χ4v) is 4.26. The fourth-order valence-electron chi connectivity index (χ4n) is 3.19. The number of benzene rings is 2. The molecule has 0 atom stereocenters. The number of nitrogens with zero attached hydrogens (tertiary/aromatic N) is 2. The van der Waals surface area contributed by atoms with Crippen molar-refractivity contribution in [3.05, 3.63) is 48.0 Å². The summed E-state index contributed by atoms with van der Waals surface area (Å²) in [6, 6.07) is 14.2. The zero-order valence-electron chi connectivity index (χ0n) is 15.6. The monoisotopic (exact) mass is 384 g/mol. The molecule has 142 valence electrons. The molecule has 1 aliphatic rings. The van der Waals surface area contributed by atoms with Crippen molar-refractivity contribution < 1.29 is 14.7 Å². The van der Waals surface area contributed by atoms with Crippen LogP contribution in [0.4, 0.5) is 11.4 Å². The number of carbonyl (C=O) groups is 2. The van der Waals surface area contributed by atoms with E-state index in [0.29, 0.717) is 6.54 Å². The highest BCUT2D eigenvalue weighted by Gasteiger charge is 2.23. The van der Waals surface area contributed by atoms with Gasteiger partial charge in [0.25, 0.3) is 0 Å². The van der Waals surface area contributed by atoms with E-state index >= 15 is 0 Å². The predicted octanol–water partition coefficient (Wildman–Crippen LogP) is 4.29. The summed E-state index contributed by atoms with van der Waals surface area (Å²) < 4.78 is 0. The number of carboxylic acids is 1. The lowest BCUT2D eigenvalue weighted by molar-refractivity contribution is -0.137. The molecule has 0 radical (unpaired) electrons. The second-order valence-electron chi connectivity index (χ2n) is 6.76. The van der Waals surface area contributed by atoms with Gasteiger partial charge in [-0.05, 0) is 51.2 Å². The molecule has 3 rings (SSSR count). The van der Waals surface area contributed by atoms with Crippen LogP contribution in [0, 0.1) is 0 Å². The second-order valence-corrected chi connectivity index (χ2v) is 7.84. The van der Waals surface area contributed by atoms with Crippen molar-refractivity contribution in [3.8, 4) is 0 Å². The normalized spacial score (nSPS) is 12.6. The van der Waals surface area contributed by atoms with Crippen molar-refractivity contribution in [2.75, 3.05) is 31.6 Å². The van der Waals surface area contributed by atoms with Crippen molar-refractivity contribution in [1.82, 2.24) is 4.90 Å². The van der Waals surface area contributed by atoms with Crippen LogP contribution in [0.25, 0.3) is 0 Å². The molecule has 2 aromatic rings. The predicted molar refractivity (Wildman–Crippen MR) is 108 cm³/mol. The maximum Gasteiger partial charge on any atom is 0.304 e. The smallest absolute Gasteiger partial charge is 0.304 e. The fraction of sp³-hybridized carbons (Fsp3) is 0.333. The van der Waals surface area contributed by atoms with Gasteiger partial charge < -0.3 is 14.9 Å². The number of anilines is 2. The molecule has 0 spiro atoms. The van der Waals surface area contributed by atoms with Crippen molar-refractivity contribution in [2.45, 2.75) is 29.6 Å². The van der Waals surface area contributed by atoms with E-state index in [-0.39, 0.29) is 12.2 Å². The van der Waals surface area contributed by atoms with Crippen LogP contribution in [0.1, 0.15) is 30.1 Å². The van der Waals surface area contributed by atoms with Gasteiger partial charge >= 0.3 is 5.97 Å². The third-order valence-corrected chi connectivity index (χ3v) is 5.79. The number of fused-ring (bicyclic) bond motifs is 2. The summed E-state index contributed by atoms with van der Waals surface area (Å²) in [5.74, 6) is -0.704. The SMILES string of the molecule is CC(=O)c1ccc2c(c1)N(CCCN(C)CCC(=O)O)c1ccccc1S2. The molecular weight excluding hydrogens is 360 g/mol. The molecule has 1 aliphatic heterocycles. The topological polar surface area (TPSA) is 60.9 Å². The standard InChI is InChI=1S/C21H24N2O3S/c1-15(24)16-8-9-20-18(14-16)23(17-6-3-4-7-19(17)27-20)12-5-11-22(2)13-10-21(25)26/h3-4,6-9,14H,5,10-13H2,1-2H3,(H,25,26). The molecule has 1 N–H and O–H groups in total. The van der Waals surface area contributed by atoms with E-state index in [1.165, 1.54) is 4.90 Å². The zero-order valence-corrected chi connectivity index (χ0v) is 16.5. The molecule has 1 heterocycles. The van der Waals surface area contributed by atoms with Gasteiger partial charge in [0.2, 0.25) is 0 Å². The number of carbonyl (C=O) groups excluding carboxylic acids is 1. The highest BCUT2D eigenvalue weighted by molar-refractivity contribution is 7.99. The van der Waals surface area contributed by atoms with Crippen LogP contribution in [-0.4, -0.2) is 48.4 Å². The van der Waals surface area contributed by atoms with Crippen molar-refractivity contribution >= 4 is 34.9 Å². The van der Waals surface area contributed by atoms with Gasteiger partial charge in [0, 0.05) is 28.4 Å². The Bertz CT molecular complexity index is 853. The minimum Gasteiger partial charge on any atom is -0.481 e. The second kappa shape index (κ2) is 8.59. The van der Waals surface area contributed by atoms with Crippen LogP contribution < -0.4 is 4.90 Å². The number of hydrogen-bond donors (Lipinski definition) is 1. The number of carboxylic acid groups (broad SMARTS) is 1. The molecule has 0 saturated heterocycles. The van der Waals surface area contributed by atoms with Crippen LogP contribution in [-0.2, 0) is 4.79 Å². The van der Waals surface area contributed by atoms with Gasteiger partial charge in [-0.25, -0.2) is 0 Å². The van der Waals surface area contributed by atoms with E-state index in [9.17, 15) is 9.59 Å². The van der Waals surface area contributed by atoms with E-state index in [0.717, 1.165) is 41.3 Å². The summed E-state index contributed by atoms with van der Waals surface area (Å²) >= 11 is 1.73. The highest BCUT2D eigenvalue weighted by atomic mass is 32.2. The van der Waals surface area contributed by atoms with Crippen LogP contribution in [0.3, 0.4) is 0 Å². The Labute approximate surface area is 164 Å². The van der Waals surface area contributed by atoms with Gasteiger partial charge in [0.15, 0.2) is 5.78 Å². The molecule has 0 fully saturated rings. The Morgan fingerprint density at radius 3 is 2.56 bits per heavy atom. The highest BCUT2D eigenvalue weighted by Crippen LogP contribution is 2.48. The molecule has 2 aromatic carbocycles. The van der Waals surface area contributed by atoms with Crippen LogP contribution in [0.15, 0.2) is 52.3 Å². The maximum absolute atomic E-state index is 11.8. The van der Waals surface area contributed by atoms with Crippen molar-refractivity contribution in [1.29, 1.82) is 0 Å². The lowest BCUT2D eigenvalue weighted by Gasteiger charge is -2.33. The first-order chi connectivity index (χ1) is 13.0. The molecule has 0 amide bonds. The number of ketones is 1. The number of para-hydroxylation sites is 1. The van der Waals surface area contributed by atoms with E-state index < -0.39 is 5.97 Å². The molecule has 0 saturated carbocycles. The van der Waals surface area contributed by atoms with Gasteiger partial charge in [-0.1, -0.05) is 30.0 Å². The van der Waals surface area contributed by atoms with Crippen LogP contribution >= 0.6 is 11.8 Å². The van der Waals surface area contributed by atoms with Crippen LogP contribution in [0.2, 0.25) is 0 Å². The largest absolute Gasteiger partial charge is 0.481 e. The molecule has 5 nitrogen and oxygen atoms in total. The summed E-state index contributed by atoms with van der Waals surface area (Å²) in [4.78, 5) is 29.2. The lowest BCUT2D eigenvalue weighted by atomic mass is 10.1. The Balaban J connectivity index is 1.78. The average molecular weight is 385 g/mol. The van der Waals surface area contributed by atoms with Gasteiger partial charge in [-0.15, -0.1) is 0 Å². The van der Waals surface area contributed by atoms with E-state index in [4.69, 9.17) is 5.11 Å². The Morgan fingerprint density at radius 1 is 1.07 bits per heavy atom. The molecule has 0 bridgehead atoms. The number of rotatable bonds is 8. The van der Waals surface area contributed by atoms with Gasteiger partial charge in [0.1, 0.15) is 0 Å². The molecule has 27 heavy (non-hydrogen) atoms. The Hall–Kier alpha value is -2.31. The summed E-state index contributed by atoms with van der Waals surface area (Å²) in [6.07, 6.45) is 1.06. The van der Waals surface area contributed by atoms with Gasteiger partial charge in [-0.2, -0.15) is 0 Å². The molecule has 0 aromatic heterocycles. The van der Waals surface area contributed by atoms with Crippen LogP contribution in [0.5, 0.6) is 0 Å². The van der Waals surface area contributed by atoms with Gasteiger partial charge in [-0.3, -0.25) is 9.59 Å². The lowest BCUT2D eigenvalue weighted by Crippen LogP contribution is -2.28. The van der Waals surface area contributed by atoms with Crippen molar-refractivity contribution in [2.24, 2.45) is 0 Å². The summed E-state index contributed by atoms with van der Waals surface area (Å²) in [5, 5.41) is 8.82. The number of Topliss-reactive ketones (excluding diaryl/α,β-unsaturated/α-hetero) is 1. The Morgan fingerprint density at radius 2 is 1.81 bits per heavy atom. The number of aliphatic carboxylic acids is 1. The third kappa shape index (κ3) is 4.70. The van der Waals surface area contributed by atoms with Gasteiger partial charge in [0.05, 0.1) is 17.8 Å².